The fourth-order valence-corrected chi connectivity index (χ4v) is 1.94. The lowest BCUT2D eigenvalue weighted by Crippen LogP contribution is -2.11. The molecule has 0 atom stereocenters. The molecule has 0 aliphatic carbocycles. The number of carbonyl (C=O) groups excluding carboxylic acids is 1. The maximum atomic E-state index is 11.8. The van der Waals surface area contributed by atoms with Crippen LogP contribution in [0.3, 0.4) is 0 Å². The smallest absolute Gasteiger partial charge is 0.257 e. The fourth-order valence-electron chi connectivity index (χ4n) is 1.30. The highest BCUT2D eigenvalue weighted by Crippen LogP contribution is 2.10. The molecule has 2 rings (SSSR count). The average Bonchev–Trinajstić information content (AvgIpc) is 2.91. The first kappa shape index (κ1) is 12.3. The monoisotopic (exact) mass is 258 g/mol. The highest BCUT2D eigenvalue weighted by Gasteiger charge is 2.06. The molecule has 0 fully saturated rings. The Hall–Kier alpha value is -2.16. The molecule has 2 N–H and O–H groups in total. The number of hydrogen-bond acceptors (Lipinski definition) is 4. The number of rotatable bonds is 2. The van der Waals surface area contributed by atoms with E-state index < -0.39 is 0 Å². The van der Waals surface area contributed by atoms with E-state index in [4.69, 9.17) is 5.11 Å². The number of aromatic nitrogens is 1. The highest BCUT2D eigenvalue weighted by molar-refractivity contribution is 7.08. The molecule has 0 aliphatic heterocycles. The van der Waals surface area contributed by atoms with Crippen LogP contribution in [0.25, 0.3) is 0 Å². The summed E-state index contributed by atoms with van der Waals surface area (Å²) in [6, 6.07) is 5.12. The van der Waals surface area contributed by atoms with Gasteiger partial charge in [0.25, 0.3) is 5.91 Å². The molecule has 0 unspecified atom stereocenters. The number of aliphatic hydroxyl groups is 1. The van der Waals surface area contributed by atoms with Crippen molar-refractivity contribution in [3.05, 3.63) is 46.3 Å². The van der Waals surface area contributed by atoms with Gasteiger partial charge in [0, 0.05) is 17.1 Å². The summed E-state index contributed by atoms with van der Waals surface area (Å²) in [5.74, 6) is 5.54. The minimum absolute atomic E-state index is 0.196. The topological polar surface area (TPSA) is 62.2 Å². The van der Waals surface area contributed by atoms with Crippen molar-refractivity contribution < 1.29 is 9.90 Å². The first-order valence-electron chi connectivity index (χ1n) is 5.19. The minimum atomic E-state index is -0.198. The van der Waals surface area contributed by atoms with Crippen molar-refractivity contribution in [2.24, 2.45) is 0 Å². The van der Waals surface area contributed by atoms with Gasteiger partial charge in [-0.1, -0.05) is 11.8 Å². The van der Waals surface area contributed by atoms with Crippen LogP contribution >= 0.6 is 11.3 Å². The third kappa shape index (κ3) is 3.17. The van der Waals surface area contributed by atoms with Gasteiger partial charge in [-0.15, -0.1) is 0 Å². The minimum Gasteiger partial charge on any atom is -0.384 e. The third-order valence-electron chi connectivity index (χ3n) is 2.10. The molecule has 0 aromatic carbocycles. The number of anilines is 1. The summed E-state index contributed by atoms with van der Waals surface area (Å²) in [6.07, 6.45) is 1.56. The van der Waals surface area contributed by atoms with Gasteiger partial charge in [0.2, 0.25) is 0 Å². The van der Waals surface area contributed by atoms with Gasteiger partial charge in [0.1, 0.15) is 12.4 Å². The van der Waals surface area contributed by atoms with Crippen LogP contribution in [0.15, 0.2) is 35.2 Å². The molecule has 0 bridgehead atoms. The maximum Gasteiger partial charge on any atom is 0.257 e. The van der Waals surface area contributed by atoms with Crippen LogP contribution < -0.4 is 5.32 Å². The average molecular weight is 258 g/mol. The lowest BCUT2D eigenvalue weighted by atomic mass is 10.2. The van der Waals surface area contributed by atoms with Gasteiger partial charge in [0.15, 0.2) is 0 Å². The lowest BCUT2D eigenvalue weighted by Gasteiger charge is -2.02. The second kappa shape index (κ2) is 5.96. The van der Waals surface area contributed by atoms with E-state index in [1.165, 1.54) is 11.3 Å². The Bertz CT molecular complexity index is 597. The van der Waals surface area contributed by atoms with E-state index >= 15 is 0 Å². The van der Waals surface area contributed by atoms with Crippen LogP contribution in [0.2, 0.25) is 0 Å². The lowest BCUT2D eigenvalue weighted by molar-refractivity contribution is 0.102. The van der Waals surface area contributed by atoms with E-state index in [2.05, 4.69) is 22.1 Å². The van der Waals surface area contributed by atoms with Crippen LogP contribution in [-0.4, -0.2) is 22.6 Å². The molecule has 5 heteroatoms. The van der Waals surface area contributed by atoms with E-state index in [9.17, 15) is 4.79 Å². The number of aliphatic hydroxyl groups excluding tert-OH is 1. The zero-order valence-corrected chi connectivity index (χ0v) is 10.2. The maximum absolute atomic E-state index is 11.8. The number of thiophene rings is 1. The van der Waals surface area contributed by atoms with Crippen LogP contribution in [0, 0.1) is 11.8 Å². The number of pyridine rings is 1. The molecule has 0 saturated heterocycles. The van der Waals surface area contributed by atoms with E-state index in [1.807, 2.05) is 5.38 Å². The molecule has 0 aliphatic rings. The second-order valence-corrected chi connectivity index (χ2v) is 4.14. The van der Waals surface area contributed by atoms with Gasteiger partial charge in [-0.25, -0.2) is 4.98 Å². The highest BCUT2D eigenvalue weighted by atomic mass is 32.1. The van der Waals surface area contributed by atoms with Crippen molar-refractivity contribution in [1.82, 2.24) is 4.98 Å². The summed E-state index contributed by atoms with van der Waals surface area (Å²) >= 11 is 1.46. The summed E-state index contributed by atoms with van der Waals surface area (Å²) in [6.45, 7) is -0.196. The summed E-state index contributed by atoms with van der Waals surface area (Å²) in [7, 11) is 0. The molecule has 4 nitrogen and oxygen atoms in total. The van der Waals surface area contributed by atoms with Gasteiger partial charge in [-0.05, 0) is 23.6 Å². The Morgan fingerprint density at radius 3 is 3.11 bits per heavy atom. The quantitative estimate of drug-likeness (QED) is 0.806. The molecule has 0 saturated carbocycles. The fraction of sp³-hybridized carbons (Fsp3) is 0.0769. The van der Waals surface area contributed by atoms with Crippen molar-refractivity contribution >= 4 is 23.1 Å². The predicted molar refractivity (Wildman–Crippen MR) is 70.5 cm³/mol. The van der Waals surface area contributed by atoms with E-state index in [0.29, 0.717) is 16.9 Å². The first-order valence-corrected chi connectivity index (χ1v) is 6.13. The van der Waals surface area contributed by atoms with Crippen molar-refractivity contribution in [3.8, 4) is 11.8 Å². The first-order chi connectivity index (χ1) is 8.79. The van der Waals surface area contributed by atoms with E-state index in [-0.39, 0.29) is 12.5 Å². The molecule has 2 aromatic heterocycles. The number of hydrogen-bond donors (Lipinski definition) is 2. The molecule has 0 spiro atoms. The number of carbonyl (C=O) groups is 1. The van der Waals surface area contributed by atoms with Crippen LogP contribution in [-0.2, 0) is 0 Å². The molecule has 0 radical (unpaired) electrons. The van der Waals surface area contributed by atoms with Gasteiger partial charge in [-0.3, -0.25) is 4.79 Å². The van der Waals surface area contributed by atoms with Crippen molar-refractivity contribution in [3.63, 3.8) is 0 Å². The van der Waals surface area contributed by atoms with Gasteiger partial charge < -0.3 is 10.4 Å². The summed E-state index contributed by atoms with van der Waals surface area (Å²) < 4.78 is 0. The number of amides is 1. The molecule has 1 amide bonds. The Balaban J connectivity index is 2.12. The Labute approximate surface area is 108 Å². The molecular weight excluding hydrogens is 248 g/mol. The zero-order chi connectivity index (χ0) is 12.8. The van der Waals surface area contributed by atoms with Crippen molar-refractivity contribution in [1.29, 1.82) is 0 Å². The Morgan fingerprint density at radius 1 is 1.50 bits per heavy atom. The van der Waals surface area contributed by atoms with E-state index in [0.717, 1.165) is 0 Å². The standard InChI is InChI=1S/C13H10N2O2S/c16-6-1-2-10-3-5-14-12(8-10)15-13(17)11-4-7-18-9-11/h3-5,7-9,16H,6H2,(H,14,15,17). The van der Waals surface area contributed by atoms with Gasteiger partial charge >= 0.3 is 0 Å². The van der Waals surface area contributed by atoms with E-state index in [1.54, 1.807) is 29.8 Å². The zero-order valence-electron chi connectivity index (χ0n) is 9.38. The van der Waals surface area contributed by atoms with Crippen molar-refractivity contribution in [2.45, 2.75) is 0 Å². The van der Waals surface area contributed by atoms with Crippen LogP contribution in [0.4, 0.5) is 5.82 Å². The summed E-state index contributed by atoms with van der Waals surface area (Å²) in [5, 5.41) is 14.9. The largest absolute Gasteiger partial charge is 0.384 e. The molecule has 18 heavy (non-hydrogen) atoms. The van der Waals surface area contributed by atoms with Gasteiger partial charge in [-0.2, -0.15) is 11.3 Å². The third-order valence-corrected chi connectivity index (χ3v) is 2.78. The molecule has 90 valence electrons. The van der Waals surface area contributed by atoms with Gasteiger partial charge in [0.05, 0.1) is 5.56 Å². The molecular formula is C13H10N2O2S. The second-order valence-electron chi connectivity index (χ2n) is 3.36. The number of nitrogens with one attached hydrogen (secondary N) is 1. The molecule has 2 aromatic rings. The SMILES string of the molecule is O=C(Nc1cc(C#CCO)ccn1)c1ccsc1. The van der Waals surface area contributed by atoms with Crippen LogP contribution in [0.1, 0.15) is 15.9 Å². The summed E-state index contributed by atoms with van der Waals surface area (Å²) in [4.78, 5) is 15.8. The summed E-state index contributed by atoms with van der Waals surface area (Å²) in [5.41, 5.74) is 1.30. The Kier molecular flexibility index (Phi) is 4.07. The molecule has 2 heterocycles. The van der Waals surface area contributed by atoms with Crippen molar-refractivity contribution in [2.75, 3.05) is 11.9 Å². The normalized spacial score (nSPS) is 9.39. The Morgan fingerprint density at radius 2 is 2.39 bits per heavy atom. The predicted octanol–water partition coefficient (Wildman–Crippen LogP) is 1.74. The number of nitrogens with zero attached hydrogens (tertiary/aromatic N) is 1. The van der Waals surface area contributed by atoms with Crippen LogP contribution in [0.5, 0.6) is 0 Å².